The monoisotopic (exact) mass is 395 g/mol. The zero-order valence-corrected chi connectivity index (χ0v) is 16.5. The molecule has 0 fully saturated rings. The van der Waals surface area contributed by atoms with Crippen molar-refractivity contribution in [1.82, 2.24) is 14.8 Å². The van der Waals surface area contributed by atoms with Gasteiger partial charge in [0, 0.05) is 24.0 Å². The molecule has 0 saturated carbocycles. The van der Waals surface area contributed by atoms with Gasteiger partial charge in [-0.05, 0) is 42.3 Å². The van der Waals surface area contributed by atoms with Crippen LogP contribution >= 0.6 is 11.8 Å². The minimum absolute atomic E-state index is 0.179. The van der Waals surface area contributed by atoms with Gasteiger partial charge in [-0.2, -0.15) is 0 Å². The van der Waals surface area contributed by atoms with Crippen LogP contribution in [-0.4, -0.2) is 32.3 Å². The van der Waals surface area contributed by atoms with Crippen LogP contribution in [0.25, 0.3) is 0 Å². The number of nitrogens with zero attached hydrogens (tertiary/aromatic N) is 3. The molecule has 0 aliphatic heterocycles. The molecule has 0 radical (unpaired) electrons. The topological polar surface area (TPSA) is 88.9 Å². The van der Waals surface area contributed by atoms with Gasteiger partial charge < -0.3 is 15.2 Å². The highest BCUT2D eigenvalue weighted by Gasteiger charge is 2.10. The van der Waals surface area contributed by atoms with E-state index in [2.05, 4.69) is 27.8 Å². The van der Waals surface area contributed by atoms with Gasteiger partial charge in [-0.3, -0.25) is 9.59 Å². The lowest BCUT2D eigenvalue weighted by Gasteiger charge is -2.09. The molecule has 144 valence electrons. The van der Waals surface area contributed by atoms with E-state index in [0.717, 1.165) is 17.7 Å². The second-order valence-corrected chi connectivity index (χ2v) is 7.09. The van der Waals surface area contributed by atoms with Gasteiger partial charge in [0.1, 0.15) is 6.33 Å². The van der Waals surface area contributed by atoms with Crippen LogP contribution in [0.5, 0.6) is 0 Å². The molecule has 0 atom stereocenters. The molecular formula is C20H21N5O2S. The number of rotatable bonds is 7. The van der Waals surface area contributed by atoms with Crippen molar-refractivity contribution in [2.45, 2.75) is 18.5 Å². The zero-order valence-electron chi connectivity index (χ0n) is 15.7. The third-order valence-electron chi connectivity index (χ3n) is 4.00. The Balaban J connectivity index is 1.60. The first-order valence-electron chi connectivity index (χ1n) is 8.82. The number of amides is 2. The highest BCUT2D eigenvalue weighted by molar-refractivity contribution is 7.99. The molecule has 1 heterocycles. The van der Waals surface area contributed by atoms with Crippen LogP contribution in [0.3, 0.4) is 0 Å². The summed E-state index contributed by atoms with van der Waals surface area (Å²) in [4.78, 5) is 24.7. The van der Waals surface area contributed by atoms with Crippen LogP contribution in [-0.2, 0) is 18.3 Å². The Hall–Kier alpha value is -3.13. The molecule has 0 saturated heterocycles. The molecule has 2 aromatic carbocycles. The molecule has 8 heteroatoms. The summed E-state index contributed by atoms with van der Waals surface area (Å²) in [7, 11) is 1.82. The molecule has 1 aromatic heterocycles. The van der Waals surface area contributed by atoms with Crippen LogP contribution in [0.1, 0.15) is 22.8 Å². The summed E-state index contributed by atoms with van der Waals surface area (Å²) in [5, 5.41) is 14.1. The number of benzene rings is 2. The van der Waals surface area contributed by atoms with E-state index in [1.165, 1.54) is 11.8 Å². The fraction of sp³-hybridized carbons (Fsp3) is 0.200. The Bertz CT molecular complexity index is 986. The van der Waals surface area contributed by atoms with Crippen molar-refractivity contribution in [3.8, 4) is 0 Å². The molecule has 3 rings (SSSR count). The van der Waals surface area contributed by atoms with Gasteiger partial charge in [0.05, 0.1) is 5.75 Å². The Morgan fingerprint density at radius 1 is 1.07 bits per heavy atom. The highest BCUT2D eigenvalue weighted by atomic mass is 32.2. The molecule has 0 aliphatic rings. The minimum atomic E-state index is -0.224. The van der Waals surface area contributed by atoms with Gasteiger partial charge in [-0.15, -0.1) is 10.2 Å². The second kappa shape index (κ2) is 9.18. The maximum atomic E-state index is 12.5. The van der Waals surface area contributed by atoms with Crippen molar-refractivity contribution in [2.24, 2.45) is 7.05 Å². The summed E-state index contributed by atoms with van der Waals surface area (Å²) in [6.07, 6.45) is 2.48. The third kappa shape index (κ3) is 5.20. The standard InChI is InChI=1S/C20H21N5O2S/c1-3-14-6-4-8-16(10-14)23-19(27)15-7-5-9-17(11-15)22-18(26)12-28-20-24-21-13-25(20)2/h4-11,13H,3,12H2,1-2H3,(H,22,26)(H,23,27). The molecule has 3 aromatic rings. The van der Waals surface area contributed by atoms with Gasteiger partial charge in [-0.25, -0.2) is 0 Å². The van der Waals surface area contributed by atoms with Crippen LogP contribution in [0.4, 0.5) is 11.4 Å². The largest absolute Gasteiger partial charge is 0.325 e. The number of anilines is 2. The molecule has 2 amide bonds. The van der Waals surface area contributed by atoms with Gasteiger partial charge in [0.25, 0.3) is 5.91 Å². The summed E-state index contributed by atoms with van der Waals surface area (Å²) in [5.41, 5.74) is 2.94. The summed E-state index contributed by atoms with van der Waals surface area (Å²) in [6.45, 7) is 2.07. The molecule has 7 nitrogen and oxygen atoms in total. The molecular weight excluding hydrogens is 374 g/mol. The minimum Gasteiger partial charge on any atom is -0.325 e. The van der Waals surface area contributed by atoms with Crippen molar-refractivity contribution in [2.75, 3.05) is 16.4 Å². The number of aryl methyl sites for hydroxylation is 2. The average molecular weight is 395 g/mol. The molecule has 0 aliphatic carbocycles. The Labute approximate surface area is 167 Å². The van der Waals surface area contributed by atoms with E-state index in [-0.39, 0.29) is 17.6 Å². The summed E-state index contributed by atoms with van der Waals surface area (Å²) in [5.74, 6) is -0.203. The highest BCUT2D eigenvalue weighted by Crippen LogP contribution is 2.17. The Morgan fingerprint density at radius 3 is 2.54 bits per heavy atom. The lowest BCUT2D eigenvalue weighted by Crippen LogP contribution is -2.16. The number of aromatic nitrogens is 3. The predicted octanol–water partition coefficient (Wildman–Crippen LogP) is 3.36. The van der Waals surface area contributed by atoms with Crippen molar-refractivity contribution >= 4 is 35.0 Å². The van der Waals surface area contributed by atoms with Gasteiger partial charge in [-0.1, -0.05) is 36.9 Å². The fourth-order valence-electron chi connectivity index (χ4n) is 2.54. The van der Waals surface area contributed by atoms with Crippen LogP contribution in [0, 0.1) is 0 Å². The summed E-state index contributed by atoms with van der Waals surface area (Å²) in [6, 6.07) is 14.6. The average Bonchev–Trinajstić information content (AvgIpc) is 3.11. The number of nitrogens with one attached hydrogen (secondary N) is 2. The van der Waals surface area contributed by atoms with Gasteiger partial charge >= 0.3 is 0 Å². The summed E-state index contributed by atoms with van der Waals surface area (Å²) >= 11 is 1.29. The molecule has 0 bridgehead atoms. The maximum Gasteiger partial charge on any atom is 0.255 e. The first kappa shape index (κ1) is 19.6. The smallest absolute Gasteiger partial charge is 0.255 e. The van der Waals surface area contributed by atoms with E-state index >= 15 is 0 Å². The Kier molecular flexibility index (Phi) is 6.44. The first-order chi connectivity index (χ1) is 13.5. The van der Waals surface area contributed by atoms with Gasteiger partial charge in [0.15, 0.2) is 5.16 Å². The predicted molar refractivity (Wildman–Crippen MR) is 111 cm³/mol. The zero-order chi connectivity index (χ0) is 19.9. The maximum absolute atomic E-state index is 12.5. The normalized spacial score (nSPS) is 10.5. The molecule has 0 spiro atoms. The van der Waals surface area contributed by atoms with Crippen molar-refractivity contribution in [3.63, 3.8) is 0 Å². The van der Waals surface area contributed by atoms with Crippen LogP contribution in [0.15, 0.2) is 60.0 Å². The summed E-state index contributed by atoms with van der Waals surface area (Å²) < 4.78 is 1.75. The third-order valence-corrected chi connectivity index (χ3v) is 5.04. The SMILES string of the molecule is CCc1cccc(NC(=O)c2cccc(NC(=O)CSc3nncn3C)c2)c1. The molecule has 2 N–H and O–H groups in total. The second-order valence-electron chi connectivity index (χ2n) is 6.15. The van der Waals surface area contributed by atoms with Crippen molar-refractivity contribution in [1.29, 1.82) is 0 Å². The quantitative estimate of drug-likeness (QED) is 0.599. The van der Waals surface area contributed by atoms with Crippen LogP contribution < -0.4 is 10.6 Å². The van der Waals surface area contributed by atoms with Crippen molar-refractivity contribution in [3.05, 3.63) is 66.0 Å². The van der Waals surface area contributed by atoms with E-state index in [9.17, 15) is 9.59 Å². The molecule has 0 unspecified atom stereocenters. The number of carbonyl (C=O) groups excluding carboxylic acids is 2. The lowest BCUT2D eigenvalue weighted by atomic mass is 10.1. The number of hydrogen-bond donors (Lipinski definition) is 2. The lowest BCUT2D eigenvalue weighted by molar-refractivity contribution is -0.113. The van der Waals surface area contributed by atoms with Gasteiger partial charge in [0.2, 0.25) is 5.91 Å². The molecule has 28 heavy (non-hydrogen) atoms. The first-order valence-corrected chi connectivity index (χ1v) is 9.80. The number of carbonyl (C=O) groups is 2. The van der Waals surface area contributed by atoms with E-state index in [4.69, 9.17) is 0 Å². The number of hydrogen-bond acceptors (Lipinski definition) is 5. The van der Waals surface area contributed by atoms with Crippen LogP contribution in [0.2, 0.25) is 0 Å². The number of thioether (sulfide) groups is 1. The fourth-order valence-corrected chi connectivity index (χ4v) is 3.23. The Morgan fingerprint density at radius 2 is 1.82 bits per heavy atom. The van der Waals surface area contributed by atoms with E-state index in [0.29, 0.717) is 16.4 Å². The van der Waals surface area contributed by atoms with E-state index in [1.54, 1.807) is 35.2 Å². The van der Waals surface area contributed by atoms with Crippen molar-refractivity contribution < 1.29 is 9.59 Å². The van der Waals surface area contributed by atoms with E-state index < -0.39 is 0 Å². The van der Waals surface area contributed by atoms with E-state index in [1.807, 2.05) is 31.3 Å².